The van der Waals surface area contributed by atoms with Crippen LogP contribution in [0.2, 0.25) is 0 Å². The molecule has 1 aliphatic rings. The molecule has 1 aliphatic heterocycles. The molecule has 1 aromatic carbocycles. The van der Waals surface area contributed by atoms with Gasteiger partial charge in [0.15, 0.2) is 0 Å². The largest absolute Gasteiger partial charge is 0.309 e. The standard InChI is InChI=1S/C18H30N2/c1-5-19-18(17-10-8-14(2)9-11-17)16(4)20-12-6-7-15(3)13-20/h8-11,15-16,18-19H,5-7,12-13H2,1-4H3. The zero-order chi connectivity index (χ0) is 14.5. The molecule has 0 bridgehead atoms. The van der Waals surface area contributed by atoms with Crippen molar-refractivity contribution in [2.75, 3.05) is 19.6 Å². The van der Waals surface area contributed by atoms with Gasteiger partial charge in [-0.25, -0.2) is 0 Å². The van der Waals surface area contributed by atoms with Crippen LogP contribution in [0.25, 0.3) is 0 Å². The number of hydrogen-bond acceptors (Lipinski definition) is 2. The quantitative estimate of drug-likeness (QED) is 0.879. The highest BCUT2D eigenvalue weighted by Gasteiger charge is 2.27. The summed E-state index contributed by atoms with van der Waals surface area (Å²) < 4.78 is 0. The van der Waals surface area contributed by atoms with Gasteiger partial charge >= 0.3 is 0 Å². The van der Waals surface area contributed by atoms with Crippen molar-refractivity contribution in [2.45, 2.75) is 52.6 Å². The van der Waals surface area contributed by atoms with Gasteiger partial charge in [-0.15, -0.1) is 0 Å². The Balaban J connectivity index is 2.12. The molecule has 2 heteroatoms. The van der Waals surface area contributed by atoms with Crippen LogP contribution in [0, 0.1) is 12.8 Å². The highest BCUT2D eigenvalue weighted by atomic mass is 15.2. The molecular formula is C18H30N2. The van der Waals surface area contributed by atoms with Crippen molar-refractivity contribution in [3.05, 3.63) is 35.4 Å². The molecule has 112 valence electrons. The zero-order valence-electron chi connectivity index (χ0n) is 13.5. The van der Waals surface area contributed by atoms with Crippen LogP contribution < -0.4 is 5.32 Å². The van der Waals surface area contributed by atoms with Crippen LogP contribution in [0.15, 0.2) is 24.3 Å². The summed E-state index contributed by atoms with van der Waals surface area (Å²) in [5, 5.41) is 3.69. The zero-order valence-corrected chi connectivity index (χ0v) is 13.5. The third kappa shape index (κ3) is 3.83. The van der Waals surface area contributed by atoms with Gasteiger partial charge in [0.25, 0.3) is 0 Å². The second kappa shape index (κ2) is 7.24. The number of nitrogens with one attached hydrogen (secondary N) is 1. The van der Waals surface area contributed by atoms with E-state index in [9.17, 15) is 0 Å². The minimum atomic E-state index is 0.436. The predicted molar refractivity (Wildman–Crippen MR) is 87.0 cm³/mol. The molecule has 1 N–H and O–H groups in total. The normalized spacial score (nSPS) is 23.5. The van der Waals surface area contributed by atoms with E-state index < -0.39 is 0 Å². The van der Waals surface area contributed by atoms with Gasteiger partial charge in [0, 0.05) is 18.6 Å². The van der Waals surface area contributed by atoms with Crippen molar-refractivity contribution >= 4 is 0 Å². The van der Waals surface area contributed by atoms with E-state index in [-0.39, 0.29) is 0 Å². The minimum absolute atomic E-state index is 0.436. The van der Waals surface area contributed by atoms with Crippen LogP contribution in [0.4, 0.5) is 0 Å². The van der Waals surface area contributed by atoms with Crippen molar-refractivity contribution in [1.29, 1.82) is 0 Å². The summed E-state index contributed by atoms with van der Waals surface area (Å²) in [4.78, 5) is 2.67. The third-order valence-electron chi connectivity index (χ3n) is 4.61. The second-order valence-corrected chi connectivity index (χ2v) is 6.43. The molecule has 1 aromatic rings. The average Bonchev–Trinajstić information content (AvgIpc) is 2.45. The van der Waals surface area contributed by atoms with Crippen molar-refractivity contribution in [1.82, 2.24) is 10.2 Å². The van der Waals surface area contributed by atoms with Gasteiger partial charge in [-0.2, -0.15) is 0 Å². The fourth-order valence-corrected chi connectivity index (χ4v) is 3.37. The van der Waals surface area contributed by atoms with E-state index in [1.54, 1.807) is 0 Å². The molecule has 2 nitrogen and oxygen atoms in total. The lowest BCUT2D eigenvalue weighted by atomic mass is 9.93. The van der Waals surface area contributed by atoms with Crippen LogP contribution in [0.3, 0.4) is 0 Å². The van der Waals surface area contributed by atoms with Crippen molar-refractivity contribution in [3.8, 4) is 0 Å². The first kappa shape index (κ1) is 15.5. The molecule has 3 atom stereocenters. The Bertz CT molecular complexity index is 398. The summed E-state index contributed by atoms with van der Waals surface area (Å²) in [5.41, 5.74) is 2.76. The molecule has 0 aliphatic carbocycles. The number of rotatable bonds is 5. The summed E-state index contributed by atoms with van der Waals surface area (Å²) >= 11 is 0. The number of piperidine rings is 1. The first-order valence-electron chi connectivity index (χ1n) is 8.15. The van der Waals surface area contributed by atoms with Crippen LogP contribution >= 0.6 is 0 Å². The number of likely N-dealkylation sites (N-methyl/N-ethyl adjacent to an activating group) is 1. The van der Waals surface area contributed by atoms with E-state index in [4.69, 9.17) is 0 Å². The summed E-state index contributed by atoms with van der Waals surface area (Å²) in [7, 11) is 0. The van der Waals surface area contributed by atoms with E-state index in [1.807, 2.05) is 0 Å². The Hall–Kier alpha value is -0.860. The van der Waals surface area contributed by atoms with E-state index in [1.165, 1.54) is 37.1 Å². The Morgan fingerprint density at radius 1 is 1.30 bits per heavy atom. The van der Waals surface area contributed by atoms with Gasteiger partial charge in [0.1, 0.15) is 0 Å². The molecular weight excluding hydrogens is 244 g/mol. The van der Waals surface area contributed by atoms with Crippen LogP contribution in [0.5, 0.6) is 0 Å². The van der Waals surface area contributed by atoms with E-state index in [2.05, 4.69) is 62.2 Å². The lowest BCUT2D eigenvalue weighted by Crippen LogP contribution is -2.47. The Kier molecular flexibility index (Phi) is 5.62. The summed E-state index contributed by atoms with van der Waals surface area (Å²) in [6, 6.07) is 10.0. The summed E-state index contributed by atoms with van der Waals surface area (Å²) in [5.74, 6) is 0.839. The van der Waals surface area contributed by atoms with E-state index >= 15 is 0 Å². The second-order valence-electron chi connectivity index (χ2n) is 6.43. The maximum atomic E-state index is 3.69. The van der Waals surface area contributed by atoms with Crippen molar-refractivity contribution < 1.29 is 0 Å². The van der Waals surface area contributed by atoms with Gasteiger partial charge < -0.3 is 5.32 Å². The van der Waals surface area contributed by atoms with Crippen LogP contribution in [-0.2, 0) is 0 Å². The van der Waals surface area contributed by atoms with Crippen molar-refractivity contribution in [2.24, 2.45) is 5.92 Å². The number of benzene rings is 1. The Morgan fingerprint density at radius 3 is 2.60 bits per heavy atom. The molecule has 0 aromatic heterocycles. The molecule has 0 radical (unpaired) electrons. The summed E-state index contributed by atoms with van der Waals surface area (Å²) in [6.07, 6.45) is 2.73. The topological polar surface area (TPSA) is 15.3 Å². The van der Waals surface area contributed by atoms with Gasteiger partial charge in [-0.3, -0.25) is 4.90 Å². The van der Waals surface area contributed by atoms with Gasteiger partial charge in [0.2, 0.25) is 0 Å². The maximum Gasteiger partial charge on any atom is 0.0475 e. The molecule has 20 heavy (non-hydrogen) atoms. The van der Waals surface area contributed by atoms with Crippen LogP contribution in [0.1, 0.15) is 50.8 Å². The molecule has 1 fully saturated rings. The lowest BCUT2D eigenvalue weighted by molar-refractivity contribution is 0.113. The number of hydrogen-bond donors (Lipinski definition) is 1. The first-order chi connectivity index (χ1) is 9.61. The van der Waals surface area contributed by atoms with Gasteiger partial charge in [0.05, 0.1) is 0 Å². The molecule has 1 saturated heterocycles. The average molecular weight is 274 g/mol. The third-order valence-corrected chi connectivity index (χ3v) is 4.61. The summed E-state index contributed by atoms with van der Waals surface area (Å²) in [6.45, 7) is 12.6. The van der Waals surface area contributed by atoms with Crippen LogP contribution in [-0.4, -0.2) is 30.6 Å². The molecule has 1 heterocycles. The monoisotopic (exact) mass is 274 g/mol. The van der Waals surface area contributed by atoms with E-state index in [0.717, 1.165) is 12.5 Å². The smallest absolute Gasteiger partial charge is 0.0475 e. The molecule has 0 amide bonds. The minimum Gasteiger partial charge on any atom is -0.309 e. The maximum absolute atomic E-state index is 3.69. The van der Waals surface area contributed by atoms with Crippen molar-refractivity contribution in [3.63, 3.8) is 0 Å². The van der Waals surface area contributed by atoms with E-state index in [0.29, 0.717) is 12.1 Å². The number of likely N-dealkylation sites (tertiary alicyclic amines) is 1. The highest BCUT2D eigenvalue weighted by Crippen LogP contribution is 2.26. The Labute approximate surface area is 124 Å². The Morgan fingerprint density at radius 2 is 2.00 bits per heavy atom. The number of aryl methyl sites for hydroxylation is 1. The number of nitrogens with zero attached hydrogens (tertiary/aromatic N) is 1. The van der Waals surface area contributed by atoms with Gasteiger partial charge in [-0.1, -0.05) is 43.7 Å². The fourth-order valence-electron chi connectivity index (χ4n) is 3.37. The molecule has 2 rings (SSSR count). The fraction of sp³-hybridized carbons (Fsp3) is 0.667. The highest BCUT2D eigenvalue weighted by molar-refractivity contribution is 5.25. The first-order valence-corrected chi connectivity index (χ1v) is 8.15. The molecule has 3 unspecified atom stereocenters. The predicted octanol–water partition coefficient (Wildman–Crippen LogP) is 3.77. The molecule has 0 spiro atoms. The van der Waals surface area contributed by atoms with Gasteiger partial charge in [-0.05, 0) is 51.3 Å². The SMILES string of the molecule is CCNC(c1ccc(C)cc1)C(C)N1CCCC(C)C1. The molecule has 0 saturated carbocycles. The lowest BCUT2D eigenvalue weighted by Gasteiger charge is -2.39.